The van der Waals surface area contributed by atoms with Gasteiger partial charge in [0.25, 0.3) is 0 Å². The summed E-state index contributed by atoms with van der Waals surface area (Å²) in [5, 5.41) is 5.36. The van der Waals surface area contributed by atoms with E-state index in [1.807, 2.05) is 12.1 Å². The number of halogens is 6. The lowest BCUT2D eigenvalue weighted by Crippen LogP contribution is -2.33. The van der Waals surface area contributed by atoms with Gasteiger partial charge in [0.05, 0.1) is 11.1 Å². The highest BCUT2D eigenvalue weighted by Crippen LogP contribution is 2.36. The van der Waals surface area contributed by atoms with Gasteiger partial charge in [-0.1, -0.05) is 24.3 Å². The van der Waals surface area contributed by atoms with Crippen molar-refractivity contribution in [1.29, 1.82) is 0 Å². The fourth-order valence-corrected chi connectivity index (χ4v) is 2.95. The molecule has 2 N–H and O–H groups in total. The molecule has 0 fully saturated rings. The predicted octanol–water partition coefficient (Wildman–Crippen LogP) is 4.18. The number of nitrogens with one attached hydrogen (secondary N) is 2. The van der Waals surface area contributed by atoms with Gasteiger partial charge < -0.3 is 5.32 Å². The molecular formula is C18H14F6N2O. The third kappa shape index (κ3) is 4.24. The highest BCUT2D eigenvalue weighted by atomic mass is 19.4. The van der Waals surface area contributed by atoms with Gasteiger partial charge in [-0.15, -0.1) is 0 Å². The predicted molar refractivity (Wildman–Crippen MR) is 84.3 cm³/mol. The highest BCUT2D eigenvalue weighted by Gasteiger charge is 2.37. The minimum absolute atomic E-state index is 0.0556. The molecule has 27 heavy (non-hydrogen) atoms. The summed E-state index contributed by atoms with van der Waals surface area (Å²) in [5.74, 6) is -0.522. The number of amides is 1. The first kappa shape index (κ1) is 19.2. The van der Waals surface area contributed by atoms with E-state index in [1.165, 1.54) is 0 Å². The lowest BCUT2D eigenvalue weighted by atomic mass is 10.0. The number of fused-ring (bicyclic) bond motifs is 1. The van der Waals surface area contributed by atoms with Crippen molar-refractivity contribution >= 4 is 5.91 Å². The van der Waals surface area contributed by atoms with Crippen LogP contribution in [0.2, 0.25) is 0 Å². The minimum Gasteiger partial charge on any atom is -0.350 e. The molecule has 1 amide bonds. The molecule has 0 saturated carbocycles. The van der Waals surface area contributed by atoms with E-state index in [1.54, 1.807) is 12.1 Å². The first-order chi connectivity index (χ1) is 12.6. The van der Waals surface area contributed by atoms with Crippen molar-refractivity contribution in [3.05, 3.63) is 70.3 Å². The van der Waals surface area contributed by atoms with E-state index in [9.17, 15) is 31.1 Å². The van der Waals surface area contributed by atoms with E-state index >= 15 is 0 Å². The fourth-order valence-electron chi connectivity index (χ4n) is 2.95. The third-order valence-electron chi connectivity index (χ3n) is 4.24. The van der Waals surface area contributed by atoms with E-state index in [-0.39, 0.29) is 11.6 Å². The van der Waals surface area contributed by atoms with Crippen LogP contribution >= 0.6 is 0 Å². The van der Waals surface area contributed by atoms with Crippen molar-refractivity contribution in [1.82, 2.24) is 10.6 Å². The van der Waals surface area contributed by atoms with Gasteiger partial charge in [-0.3, -0.25) is 10.1 Å². The quantitative estimate of drug-likeness (QED) is 0.775. The third-order valence-corrected chi connectivity index (χ3v) is 4.24. The summed E-state index contributed by atoms with van der Waals surface area (Å²) < 4.78 is 77.3. The van der Waals surface area contributed by atoms with Gasteiger partial charge in [0.1, 0.15) is 6.04 Å². The lowest BCUT2D eigenvalue weighted by molar-refractivity contribution is -0.143. The van der Waals surface area contributed by atoms with Gasteiger partial charge in [-0.2, -0.15) is 26.3 Å². The fraction of sp³-hybridized carbons (Fsp3) is 0.278. The average Bonchev–Trinajstić information content (AvgIpc) is 3.02. The topological polar surface area (TPSA) is 41.1 Å². The van der Waals surface area contributed by atoms with E-state index in [0.29, 0.717) is 18.7 Å². The van der Waals surface area contributed by atoms with Crippen LogP contribution in [-0.2, 0) is 30.2 Å². The Bertz CT molecular complexity index is 827. The molecule has 1 unspecified atom stereocenters. The number of benzene rings is 2. The summed E-state index contributed by atoms with van der Waals surface area (Å²) in [5.41, 5.74) is -1.46. The molecule has 0 radical (unpaired) electrons. The summed E-state index contributed by atoms with van der Waals surface area (Å²) in [6.45, 7) is 0.00220. The molecule has 3 rings (SSSR count). The van der Waals surface area contributed by atoms with Crippen LogP contribution in [0, 0.1) is 0 Å². The molecule has 0 saturated heterocycles. The number of carbonyl (C=O) groups is 1. The zero-order valence-electron chi connectivity index (χ0n) is 13.7. The Morgan fingerprint density at radius 1 is 1.00 bits per heavy atom. The number of hydrogen-bond donors (Lipinski definition) is 2. The summed E-state index contributed by atoms with van der Waals surface area (Å²) in [6.07, 6.45) is -9.85. The smallest absolute Gasteiger partial charge is 0.350 e. The number of carbonyl (C=O) groups excluding carboxylic acids is 1. The second-order valence-corrected chi connectivity index (χ2v) is 6.14. The van der Waals surface area contributed by atoms with Crippen molar-refractivity contribution in [2.45, 2.75) is 31.5 Å². The first-order valence-corrected chi connectivity index (χ1v) is 7.93. The van der Waals surface area contributed by atoms with Crippen molar-refractivity contribution in [3.63, 3.8) is 0 Å². The molecule has 0 aromatic heterocycles. The Balaban J connectivity index is 1.79. The lowest BCUT2D eigenvalue weighted by Gasteiger charge is -2.16. The standard InChI is InChI=1S/C18H14F6N2O/c19-17(20,21)12-5-10(6-13(7-12)18(22,23)24)8-26-16(27)15-14-4-2-1-3-11(14)9-25-15/h1-7,15,25H,8-9H2,(H,26,27). The van der Waals surface area contributed by atoms with Crippen LogP contribution < -0.4 is 10.6 Å². The minimum atomic E-state index is -4.92. The monoisotopic (exact) mass is 388 g/mol. The highest BCUT2D eigenvalue weighted by molar-refractivity contribution is 5.84. The first-order valence-electron chi connectivity index (χ1n) is 7.93. The molecule has 2 aromatic carbocycles. The van der Waals surface area contributed by atoms with Gasteiger partial charge >= 0.3 is 12.4 Å². The summed E-state index contributed by atoms with van der Waals surface area (Å²) in [4.78, 5) is 12.3. The maximum absolute atomic E-state index is 12.9. The SMILES string of the molecule is O=C(NCc1cc(C(F)(F)F)cc(C(F)(F)F)c1)C1NCc2ccccc21. The van der Waals surface area contributed by atoms with Crippen molar-refractivity contribution in [3.8, 4) is 0 Å². The Morgan fingerprint density at radius 2 is 1.59 bits per heavy atom. The number of hydrogen-bond acceptors (Lipinski definition) is 2. The molecule has 9 heteroatoms. The van der Waals surface area contributed by atoms with Crippen LogP contribution in [0.1, 0.15) is 33.9 Å². The Labute approximate surface area is 150 Å². The van der Waals surface area contributed by atoms with Crippen molar-refractivity contribution in [2.75, 3.05) is 0 Å². The van der Waals surface area contributed by atoms with E-state index in [4.69, 9.17) is 0 Å². The molecule has 1 aliphatic rings. The van der Waals surface area contributed by atoms with E-state index in [0.717, 1.165) is 11.1 Å². The molecule has 3 nitrogen and oxygen atoms in total. The molecule has 1 aliphatic heterocycles. The Hall–Kier alpha value is -2.55. The summed E-state index contributed by atoms with van der Waals surface area (Å²) in [7, 11) is 0. The normalized spacial score (nSPS) is 16.9. The Morgan fingerprint density at radius 3 is 2.19 bits per heavy atom. The zero-order valence-corrected chi connectivity index (χ0v) is 13.7. The number of alkyl halides is 6. The Kier molecular flexibility index (Phi) is 4.90. The van der Waals surface area contributed by atoms with Crippen molar-refractivity contribution < 1.29 is 31.1 Å². The molecular weight excluding hydrogens is 374 g/mol. The van der Waals surface area contributed by atoms with Crippen LogP contribution in [0.3, 0.4) is 0 Å². The van der Waals surface area contributed by atoms with Crippen LogP contribution in [-0.4, -0.2) is 5.91 Å². The van der Waals surface area contributed by atoms with Gasteiger partial charge in [0, 0.05) is 13.1 Å². The molecule has 1 heterocycles. The van der Waals surface area contributed by atoms with Gasteiger partial charge in [-0.25, -0.2) is 0 Å². The molecule has 0 bridgehead atoms. The average molecular weight is 388 g/mol. The maximum Gasteiger partial charge on any atom is 0.416 e. The summed E-state index contributed by atoms with van der Waals surface area (Å²) >= 11 is 0. The zero-order chi connectivity index (χ0) is 19.8. The van der Waals surface area contributed by atoms with Crippen LogP contribution in [0.5, 0.6) is 0 Å². The molecule has 144 valence electrons. The van der Waals surface area contributed by atoms with Crippen LogP contribution in [0.15, 0.2) is 42.5 Å². The van der Waals surface area contributed by atoms with E-state index in [2.05, 4.69) is 10.6 Å². The van der Waals surface area contributed by atoms with Crippen molar-refractivity contribution in [2.24, 2.45) is 0 Å². The van der Waals surface area contributed by atoms with Gasteiger partial charge in [0.15, 0.2) is 0 Å². The van der Waals surface area contributed by atoms with Crippen LogP contribution in [0.4, 0.5) is 26.3 Å². The molecule has 0 spiro atoms. The summed E-state index contributed by atoms with van der Waals surface area (Å²) in [6, 6.07) is 7.69. The van der Waals surface area contributed by atoms with Gasteiger partial charge in [0.2, 0.25) is 5.91 Å². The molecule has 0 aliphatic carbocycles. The molecule has 2 aromatic rings. The van der Waals surface area contributed by atoms with Gasteiger partial charge in [-0.05, 0) is 34.9 Å². The maximum atomic E-state index is 12.9. The number of rotatable bonds is 3. The van der Waals surface area contributed by atoms with E-state index < -0.39 is 42.0 Å². The second kappa shape index (κ2) is 6.88. The van der Waals surface area contributed by atoms with Crippen LogP contribution in [0.25, 0.3) is 0 Å². The molecule has 1 atom stereocenters. The largest absolute Gasteiger partial charge is 0.416 e. The second-order valence-electron chi connectivity index (χ2n) is 6.14.